The van der Waals surface area contributed by atoms with Gasteiger partial charge in [0.15, 0.2) is 0 Å². The normalized spacial score (nSPS) is 12.2. The molecule has 0 radical (unpaired) electrons. The summed E-state index contributed by atoms with van der Waals surface area (Å²) in [6.45, 7) is 2.63. The second-order valence-corrected chi connectivity index (χ2v) is 5.09. The van der Waals surface area contributed by atoms with Crippen LogP contribution in [0.25, 0.3) is 0 Å². The Hall–Kier alpha value is -1.71. The fourth-order valence-electron chi connectivity index (χ4n) is 1.97. The molecule has 2 rings (SSSR count). The third-order valence-corrected chi connectivity index (χ3v) is 3.49. The minimum Gasteiger partial charge on any atom is -0.508 e. The van der Waals surface area contributed by atoms with Crippen LogP contribution in [-0.2, 0) is 6.54 Å². The van der Waals surface area contributed by atoms with Crippen LogP contribution in [-0.4, -0.2) is 12.2 Å². The first-order valence-corrected chi connectivity index (χ1v) is 6.82. The van der Waals surface area contributed by atoms with Gasteiger partial charge in [-0.25, -0.2) is 0 Å². The summed E-state index contributed by atoms with van der Waals surface area (Å²) in [5.41, 5.74) is 1.95. The maximum absolute atomic E-state index is 9.77. The van der Waals surface area contributed by atoms with Gasteiger partial charge in [-0.3, -0.25) is 0 Å². The van der Waals surface area contributed by atoms with Crippen molar-refractivity contribution in [1.29, 1.82) is 0 Å². The first kappa shape index (κ1) is 14.7. The van der Waals surface area contributed by atoms with Crippen LogP contribution in [0.2, 0.25) is 5.02 Å². The number of phenols is 1. The zero-order valence-electron chi connectivity index (χ0n) is 11.6. The quantitative estimate of drug-likeness (QED) is 0.878. The molecule has 0 aliphatic heterocycles. The summed E-state index contributed by atoms with van der Waals surface area (Å²) in [6.07, 6.45) is 0. The molecule has 0 aromatic heterocycles. The van der Waals surface area contributed by atoms with Gasteiger partial charge in [0.25, 0.3) is 0 Å². The van der Waals surface area contributed by atoms with E-state index in [1.165, 1.54) is 0 Å². The van der Waals surface area contributed by atoms with Crippen LogP contribution in [0.3, 0.4) is 0 Å². The van der Waals surface area contributed by atoms with E-state index in [1.54, 1.807) is 25.3 Å². The maximum Gasteiger partial charge on any atom is 0.120 e. The van der Waals surface area contributed by atoms with E-state index in [4.69, 9.17) is 16.3 Å². The van der Waals surface area contributed by atoms with E-state index in [-0.39, 0.29) is 11.8 Å². The van der Waals surface area contributed by atoms with Gasteiger partial charge in [0.05, 0.1) is 7.11 Å². The van der Waals surface area contributed by atoms with Crippen LogP contribution in [0.5, 0.6) is 11.5 Å². The second-order valence-electron chi connectivity index (χ2n) is 4.65. The third-order valence-electron chi connectivity index (χ3n) is 3.26. The van der Waals surface area contributed by atoms with Crippen molar-refractivity contribution in [2.24, 2.45) is 0 Å². The molecule has 4 heteroatoms. The Balaban J connectivity index is 2.00. The summed E-state index contributed by atoms with van der Waals surface area (Å²) in [5.74, 6) is 1.09. The largest absolute Gasteiger partial charge is 0.508 e. The van der Waals surface area contributed by atoms with Crippen LogP contribution in [0.1, 0.15) is 24.1 Å². The molecule has 3 nitrogen and oxygen atoms in total. The van der Waals surface area contributed by atoms with Gasteiger partial charge in [0.1, 0.15) is 11.5 Å². The molecule has 0 bridgehead atoms. The highest BCUT2D eigenvalue weighted by atomic mass is 35.5. The summed E-state index contributed by atoms with van der Waals surface area (Å²) >= 11 is 5.93. The molecule has 0 amide bonds. The van der Waals surface area contributed by atoms with Gasteiger partial charge < -0.3 is 15.2 Å². The number of nitrogens with one attached hydrogen (secondary N) is 1. The topological polar surface area (TPSA) is 41.5 Å². The average Bonchev–Trinajstić information content (AvgIpc) is 2.48. The predicted octanol–water partition coefficient (Wildman–Crippen LogP) is 3.91. The molecule has 0 heterocycles. The number of hydrogen-bond acceptors (Lipinski definition) is 3. The zero-order chi connectivity index (χ0) is 14.5. The number of aromatic hydroxyl groups is 1. The lowest BCUT2D eigenvalue weighted by molar-refractivity contribution is 0.414. The highest BCUT2D eigenvalue weighted by Gasteiger charge is 2.07. The van der Waals surface area contributed by atoms with Crippen molar-refractivity contribution >= 4 is 11.6 Å². The Morgan fingerprint density at radius 3 is 2.55 bits per heavy atom. The first-order valence-electron chi connectivity index (χ1n) is 6.45. The molecule has 2 aromatic rings. The van der Waals surface area contributed by atoms with Crippen LogP contribution in [0.15, 0.2) is 42.5 Å². The van der Waals surface area contributed by atoms with Crippen molar-refractivity contribution in [1.82, 2.24) is 5.32 Å². The molecule has 0 fully saturated rings. The molecular weight excluding hydrogens is 274 g/mol. The van der Waals surface area contributed by atoms with Crippen molar-refractivity contribution in [2.75, 3.05) is 7.11 Å². The van der Waals surface area contributed by atoms with E-state index < -0.39 is 0 Å². The Labute approximate surface area is 124 Å². The van der Waals surface area contributed by atoms with Crippen LogP contribution in [0, 0.1) is 0 Å². The van der Waals surface area contributed by atoms with E-state index in [2.05, 4.69) is 12.2 Å². The average molecular weight is 292 g/mol. The van der Waals surface area contributed by atoms with Crippen LogP contribution in [0.4, 0.5) is 0 Å². The fourth-order valence-corrected chi connectivity index (χ4v) is 2.16. The second kappa shape index (κ2) is 6.64. The highest BCUT2D eigenvalue weighted by molar-refractivity contribution is 6.30. The predicted molar refractivity (Wildman–Crippen MR) is 81.4 cm³/mol. The minimum absolute atomic E-state index is 0.166. The molecule has 0 unspecified atom stereocenters. The van der Waals surface area contributed by atoms with Gasteiger partial charge in [-0.1, -0.05) is 23.7 Å². The summed E-state index contributed by atoms with van der Waals surface area (Å²) in [5, 5.41) is 13.8. The lowest BCUT2D eigenvalue weighted by atomic mass is 10.1. The minimum atomic E-state index is 0.166. The molecule has 2 aromatic carbocycles. The molecule has 2 N–H and O–H groups in total. The van der Waals surface area contributed by atoms with Crippen molar-refractivity contribution in [3.05, 3.63) is 58.6 Å². The maximum atomic E-state index is 9.77. The number of methoxy groups -OCH3 is 1. The number of ether oxygens (including phenoxy) is 1. The summed E-state index contributed by atoms with van der Waals surface area (Å²) in [6, 6.07) is 13.1. The van der Waals surface area contributed by atoms with Crippen molar-refractivity contribution < 1.29 is 9.84 Å². The number of rotatable bonds is 5. The Kier molecular flexibility index (Phi) is 4.88. The van der Waals surface area contributed by atoms with Crippen molar-refractivity contribution in [3.63, 3.8) is 0 Å². The van der Waals surface area contributed by atoms with Gasteiger partial charge in [-0.05, 0) is 42.8 Å². The van der Waals surface area contributed by atoms with Crippen molar-refractivity contribution in [3.8, 4) is 11.5 Å². The number of hydrogen-bond donors (Lipinski definition) is 2. The summed E-state index contributed by atoms with van der Waals surface area (Å²) < 4.78 is 5.14. The van der Waals surface area contributed by atoms with Crippen molar-refractivity contribution in [2.45, 2.75) is 19.5 Å². The highest BCUT2D eigenvalue weighted by Crippen LogP contribution is 2.23. The number of halogens is 1. The first-order chi connectivity index (χ1) is 9.60. The fraction of sp³-hybridized carbons (Fsp3) is 0.250. The SMILES string of the molecule is COc1ccc([C@@H](C)NCc2cc(Cl)ccc2O)cc1. The zero-order valence-corrected chi connectivity index (χ0v) is 12.3. The van der Waals surface area contributed by atoms with E-state index in [1.807, 2.05) is 24.3 Å². The number of phenolic OH excluding ortho intramolecular Hbond substituents is 1. The molecule has 0 spiro atoms. The molecule has 0 aliphatic rings. The lowest BCUT2D eigenvalue weighted by Gasteiger charge is -2.15. The standard InChI is InChI=1S/C16H18ClNO2/c1-11(12-3-6-15(20-2)7-4-12)18-10-13-9-14(17)5-8-16(13)19/h3-9,11,18-19H,10H2,1-2H3/t11-/m1/s1. The van der Waals surface area contributed by atoms with Gasteiger partial charge in [-0.2, -0.15) is 0 Å². The molecular formula is C16H18ClNO2. The monoisotopic (exact) mass is 291 g/mol. The summed E-state index contributed by atoms with van der Waals surface area (Å²) in [7, 11) is 1.65. The molecule has 0 aliphatic carbocycles. The molecule has 106 valence electrons. The smallest absolute Gasteiger partial charge is 0.120 e. The molecule has 20 heavy (non-hydrogen) atoms. The third kappa shape index (κ3) is 3.65. The van der Waals surface area contributed by atoms with E-state index >= 15 is 0 Å². The molecule has 0 saturated heterocycles. The summed E-state index contributed by atoms with van der Waals surface area (Å²) in [4.78, 5) is 0. The van der Waals surface area contributed by atoms with Gasteiger partial charge in [0, 0.05) is 23.2 Å². The Morgan fingerprint density at radius 1 is 1.20 bits per heavy atom. The van der Waals surface area contributed by atoms with Gasteiger partial charge in [0.2, 0.25) is 0 Å². The van der Waals surface area contributed by atoms with E-state index in [0.717, 1.165) is 16.9 Å². The molecule has 0 saturated carbocycles. The van der Waals surface area contributed by atoms with Crippen LogP contribution < -0.4 is 10.1 Å². The van der Waals surface area contributed by atoms with Gasteiger partial charge in [-0.15, -0.1) is 0 Å². The van der Waals surface area contributed by atoms with E-state index in [9.17, 15) is 5.11 Å². The number of benzene rings is 2. The molecule has 1 atom stereocenters. The van der Waals surface area contributed by atoms with E-state index in [0.29, 0.717) is 11.6 Å². The van der Waals surface area contributed by atoms with Crippen LogP contribution >= 0.6 is 11.6 Å². The van der Waals surface area contributed by atoms with Gasteiger partial charge >= 0.3 is 0 Å². The Morgan fingerprint density at radius 2 is 1.90 bits per heavy atom. The Bertz CT molecular complexity index is 569. The lowest BCUT2D eigenvalue weighted by Crippen LogP contribution is -2.18.